The van der Waals surface area contributed by atoms with Gasteiger partial charge in [0.05, 0.1) is 5.94 Å². The average molecular weight is 444 g/mol. The Balaban J connectivity index is 1.53. The van der Waals surface area contributed by atoms with Crippen LogP contribution in [-0.2, 0) is 12.8 Å². The van der Waals surface area contributed by atoms with Crippen LogP contribution in [-0.4, -0.2) is 50.4 Å². The molecule has 0 aliphatic rings. The molecule has 0 saturated carbocycles. The van der Waals surface area contributed by atoms with Crippen LogP contribution in [0.2, 0.25) is 0 Å². The molecule has 2 amide bonds. The van der Waals surface area contributed by atoms with Gasteiger partial charge < -0.3 is 20.7 Å². The number of amides is 2. The van der Waals surface area contributed by atoms with Crippen molar-refractivity contribution < 1.29 is 14.8 Å². The number of nitriles is 1. The molecule has 0 aliphatic heterocycles. The Hall–Kier alpha value is -3.94. The number of nitrogens with one attached hydrogen (secondary N) is 2. The van der Waals surface area contributed by atoms with Crippen LogP contribution < -0.4 is 10.6 Å². The molecule has 0 saturated heterocycles. The zero-order valence-corrected chi connectivity index (χ0v) is 18.2. The normalized spacial score (nSPS) is 12.0. The Labute approximate surface area is 192 Å². The van der Waals surface area contributed by atoms with Gasteiger partial charge in [-0.2, -0.15) is 10.4 Å². The smallest absolute Gasteiger partial charge is 0.426 e. The number of nitrogens with zero attached hydrogens (tertiary/aromatic N) is 4. The molecule has 1 heterocycles. The predicted molar refractivity (Wildman–Crippen MR) is 125 cm³/mol. The first-order valence-corrected chi connectivity index (χ1v) is 10.5. The summed E-state index contributed by atoms with van der Waals surface area (Å²) in [4.78, 5) is 16.1. The number of rotatable bonds is 9. The maximum absolute atomic E-state index is 12.3. The van der Waals surface area contributed by atoms with Crippen LogP contribution in [0.4, 0.5) is 4.79 Å². The van der Waals surface area contributed by atoms with Gasteiger partial charge in [-0.25, -0.2) is 14.5 Å². The van der Waals surface area contributed by atoms with E-state index in [9.17, 15) is 20.1 Å². The van der Waals surface area contributed by atoms with Crippen LogP contribution in [0.5, 0.6) is 0 Å². The highest BCUT2D eigenvalue weighted by molar-refractivity contribution is 6.43. The van der Waals surface area contributed by atoms with Gasteiger partial charge in [-0.3, -0.25) is 0 Å². The molecule has 0 radical (unpaired) electrons. The van der Waals surface area contributed by atoms with E-state index in [-0.39, 0.29) is 0 Å². The summed E-state index contributed by atoms with van der Waals surface area (Å²) in [6, 6.07) is 16.9. The van der Waals surface area contributed by atoms with Gasteiger partial charge in [-0.1, -0.05) is 54.1 Å². The lowest BCUT2D eigenvalue weighted by atomic mass is 9.76. The summed E-state index contributed by atoms with van der Waals surface area (Å²) in [5.74, 6) is -0.831. The predicted octanol–water partition coefficient (Wildman–Crippen LogP) is 1.57. The van der Waals surface area contributed by atoms with Crippen molar-refractivity contribution in [1.29, 1.82) is 5.26 Å². The number of benzene rings is 2. The monoisotopic (exact) mass is 444 g/mol. The average Bonchev–Trinajstić information content (AvgIpc) is 3.33. The second kappa shape index (κ2) is 11.6. The third kappa shape index (κ3) is 7.31. The maximum atomic E-state index is 12.3. The molecule has 0 fully saturated rings. The van der Waals surface area contributed by atoms with Gasteiger partial charge in [0.1, 0.15) is 24.4 Å². The largest absolute Gasteiger partial charge is 0.475 e. The number of hydrogen-bond acceptors (Lipinski definition) is 6. The summed E-state index contributed by atoms with van der Waals surface area (Å²) in [5, 5.41) is 38.0. The van der Waals surface area contributed by atoms with E-state index < -0.39 is 19.1 Å². The first-order valence-electron chi connectivity index (χ1n) is 10.5. The molecule has 4 N–H and O–H groups in total. The Morgan fingerprint density at radius 2 is 2.03 bits per heavy atom. The van der Waals surface area contributed by atoms with Crippen LogP contribution in [0.3, 0.4) is 0 Å². The van der Waals surface area contributed by atoms with Crippen molar-refractivity contribution in [3.8, 4) is 6.07 Å². The highest BCUT2D eigenvalue weighted by Gasteiger charge is 2.25. The van der Waals surface area contributed by atoms with E-state index >= 15 is 0 Å². The number of carbonyl (C=O) groups is 1. The van der Waals surface area contributed by atoms with Crippen molar-refractivity contribution in [1.82, 2.24) is 25.4 Å². The molecule has 0 bridgehead atoms. The van der Waals surface area contributed by atoms with Crippen molar-refractivity contribution in [3.63, 3.8) is 0 Å². The van der Waals surface area contributed by atoms with Gasteiger partial charge >= 0.3 is 13.1 Å². The number of carbonyl (C=O) groups excluding carboxylic acids is 1. The van der Waals surface area contributed by atoms with Crippen LogP contribution >= 0.6 is 0 Å². The standard InChI is InChI=1S/C23H25BN6O3/c1-17-5-7-19(8-6-17)13-22(24(32)33)29-23(31)27-10-9-18-3-2-4-20(11-18)12-21(14-25)30-16-26-15-28-30/h2-8,11-12,15-16,22,32-33H,9-10,13H2,1H3,(H2,27,29,31). The first-order chi connectivity index (χ1) is 15.9. The molecule has 10 heteroatoms. The van der Waals surface area contributed by atoms with Crippen molar-refractivity contribution in [2.75, 3.05) is 6.54 Å². The summed E-state index contributed by atoms with van der Waals surface area (Å²) in [6.45, 7) is 2.32. The Morgan fingerprint density at radius 3 is 2.70 bits per heavy atom. The van der Waals surface area contributed by atoms with E-state index in [1.54, 1.807) is 6.08 Å². The Kier molecular flexibility index (Phi) is 8.35. The second-order valence-electron chi connectivity index (χ2n) is 7.59. The molecule has 1 aromatic heterocycles. The van der Waals surface area contributed by atoms with Gasteiger partial charge in [0.25, 0.3) is 0 Å². The topological polar surface area (TPSA) is 136 Å². The highest BCUT2D eigenvalue weighted by Crippen LogP contribution is 2.12. The van der Waals surface area contributed by atoms with Crippen LogP contribution in [0.25, 0.3) is 11.8 Å². The fourth-order valence-electron chi connectivity index (χ4n) is 3.23. The lowest BCUT2D eigenvalue weighted by molar-refractivity contribution is 0.237. The maximum Gasteiger partial charge on any atom is 0.475 e. The molecule has 0 aliphatic carbocycles. The van der Waals surface area contributed by atoms with Crippen LogP contribution in [0.15, 0.2) is 61.2 Å². The first kappa shape index (κ1) is 23.7. The quantitative estimate of drug-likeness (QED) is 0.292. The van der Waals surface area contributed by atoms with E-state index in [0.29, 0.717) is 25.1 Å². The van der Waals surface area contributed by atoms with Crippen molar-refractivity contribution in [3.05, 3.63) is 83.4 Å². The third-order valence-electron chi connectivity index (χ3n) is 4.99. The molecule has 33 heavy (non-hydrogen) atoms. The van der Waals surface area contributed by atoms with Gasteiger partial charge in [0.15, 0.2) is 0 Å². The van der Waals surface area contributed by atoms with Crippen molar-refractivity contribution in [2.24, 2.45) is 0 Å². The number of hydrogen-bond donors (Lipinski definition) is 4. The number of allylic oxidation sites excluding steroid dienone is 1. The molecule has 3 aromatic rings. The molecule has 3 rings (SSSR count). The van der Waals surface area contributed by atoms with Gasteiger partial charge in [0.2, 0.25) is 0 Å². The summed E-state index contributed by atoms with van der Waals surface area (Å²) in [5.41, 5.74) is 4.13. The molecular weight excluding hydrogens is 419 g/mol. The molecule has 1 atom stereocenters. The van der Waals surface area contributed by atoms with E-state index in [4.69, 9.17) is 0 Å². The van der Waals surface area contributed by atoms with Crippen LogP contribution in [0.1, 0.15) is 22.3 Å². The van der Waals surface area contributed by atoms with Crippen molar-refractivity contribution >= 4 is 24.9 Å². The number of aryl methyl sites for hydroxylation is 1. The molecular formula is C23H25BN6O3. The molecule has 9 nitrogen and oxygen atoms in total. The summed E-state index contributed by atoms with van der Waals surface area (Å²) in [7, 11) is -1.68. The van der Waals surface area contributed by atoms with E-state index in [1.807, 2.05) is 55.5 Å². The van der Waals surface area contributed by atoms with E-state index in [1.165, 1.54) is 17.3 Å². The summed E-state index contributed by atoms with van der Waals surface area (Å²) < 4.78 is 1.39. The highest BCUT2D eigenvalue weighted by atomic mass is 16.4. The molecule has 2 aromatic carbocycles. The van der Waals surface area contributed by atoms with Gasteiger partial charge in [-0.15, -0.1) is 0 Å². The summed E-state index contributed by atoms with van der Waals surface area (Å²) >= 11 is 0. The molecule has 168 valence electrons. The number of urea groups is 1. The minimum absolute atomic E-state index is 0.298. The van der Waals surface area contributed by atoms with Gasteiger partial charge in [-0.05, 0) is 42.5 Å². The second-order valence-corrected chi connectivity index (χ2v) is 7.59. The SMILES string of the molecule is Cc1ccc(CC(NC(=O)NCCc2cccc(C=C(C#N)n3cncn3)c2)B(O)O)cc1. The number of aromatic nitrogens is 3. The minimum Gasteiger partial charge on any atom is -0.426 e. The summed E-state index contributed by atoms with van der Waals surface area (Å²) in [6.07, 6.45) is 5.38. The van der Waals surface area contributed by atoms with E-state index in [2.05, 4.69) is 26.8 Å². The zero-order chi connectivity index (χ0) is 23.6. The van der Waals surface area contributed by atoms with E-state index in [0.717, 1.165) is 22.3 Å². The molecule has 0 spiro atoms. The lowest BCUT2D eigenvalue weighted by Gasteiger charge is -2.18. The fraction of sp³-hybridized carbons (Fsp3) is 0.217. The Bertz CT molecular complexity index is 1120. The lowest BCUT2D eigenvalue weighted by Crippen LogP contribution is -2.51. The molecule has 1 unspecified atom stereocenters. The Morgan fingerprint density at radius 1 is 1.24 bits per heavy atom. The fourth-order valence-corrected chi connectivity index (χ4v) is 3.23. The van der Waals surface area contributed by atoms with Crippen LogP contribution in [0, 0.1) is 18.3 Å². The van der Waals surface area contributed by atoms with Gasteiger partial charge in [0, 0.05) is 6.54 Å². The third-order valence-corrected chi connectivity index (χ3v) is 4.99. The van der Waals surface area contributed by atoms with Crippen molar-refractivity contribution in [2.45, 2.75) is 25.7 Å². The minimum atomic E-state index is -1.68. The zero-order valence-electron chi connectivity index (χ0n) is 18.2.